The van der Waals surface area contributed by atoms with E-state index in [-0.39, 0.29) is 11.6 Å². The zero-order valence-corrected chi connectivity index (χ0v) is 10.7. The molecule has 7 nitrogen and oxygen atoms in total. The van der Waals surface area contributed by atoms with E-state index in [1.807, 2.05) is 14.0 Å². The number of benzene rings is 1. The molecule has 1 aromatic heterocycles. The van der Waals surface area contributed by atoms with Crippen LogP contribution >= 0.6 is 0 Å². The smallest absolute Gasteiger partial charge is 0.335 e. The Labute approximate surface area is 110 Å². The lowest BCUT2D eigenvalue weighted by Gasteiger charge is -2.16. The second-order valence-electron chi connectivity index (χ2n) is 4.27. The molecule has 0 aliphatic carbocycles. The molecule has 0 spiro atoms. The van der Waals surface area contributed by atoms with E-state index >= 15 is 0 Å². The first kappa shape index (κ1) is 12.9. The van der Waals surface area contributed by atoms with E-state index in [0.29, 0.717) is 11.4 Å². The van der Waals surface area contributed by atoms with E-state index in [0.717, 1.165) is 5.82 Å². The van der Waals surface area contributed by atoms with Crippen LogP contribution in [0.15, 0.2) is 24.5 Å². The maximum Gasteiger partial charge on any atom is 0.335 e. The van der Waals surface area contributed by atoms with E-state index in [4.69, 9.17) is 10.8 Å². The van der Waals surface area contributed by atoms with E-state index in [1.165, 1.54) is 12.1 Å². The number of nitrogens with zero attached hydrogens (tertiary/aromatic N) is 3. The number of anilines is 2. The van der Waals surface area contributed by atoms with Crippen LogP contribution in [0.1, 0.15) is 29.1 Å². The fourth-order valence-corrected chi connectivity index (χ4v) is 1.81. The molecule has 0 aliphatic rings. The number of nitrogen functional groups attached to an aromatic ring is 1. The second kappa shape index (κ2) is 4.97. The molecule has 2 aromatic rings. The molecule has 1 heterocycles. The molecular formula is C12H15N5O2. The number of carboxylic acids is 1. The monoisotopic (exact) mass is 261 g/mol. The normalized spacial score (nSPS) is 12.1. The molecule has 0 amide bonds. The number of hydrogen-bond donors (Lipinski definition) is 3. The Bertz CT molecular complexity index is 608. The summed E-state index contributed by atoms with van der Waals surface area (Å²) < 4.78 is 1.81. The Morgan fingerprint density at radius 3 is 2.79 bits per heavy atom. The third kappa shape index (κ3) is 2.65. The number of carboxylic acid groups (broad SMARTS) is 1. The van der Waals surface area contributed by atoms with Gasteiger partial charge >= 0.3 is 5.97 Å². The number of nitrogens with one attached hydrogen (secondary N) is 1. The van der Waals surface area contributed by atoms with Gasteiger partial charge in [-0.15, -0.1) is 10.2 Å². The van der Waals surface area contributed by atoms with Crippen LogP contribution in [-0.4, -0.2) is 25.8 Å². The summed E-state index contributed by atoms with van der Waals surface area (Å²) in [7, 11) is 1.85. The maximum atomic E-state index is 10.8. The van der Waals surface area contributed by atoms with Gasteiger partial charge in [0.15, 0.2) is 5.82 Å². The summed E-state index contributed by atoms with van der Waals surface area (Å²) in [5.74, 6) is -0.235. The highest BCUT2D eigenvalue weighted by molar-refractivity contribution is 5.90. The number of rotatable bonds is 4. The molecule has 0 aliphatic heterocycles. The molecule has 1 aromatic carbocycles. The largest absolute Gasteiger partial charge is 0.478 e. The summed E-state index contributed by atoms with van der Waals surface area (Å²) in [5.41, 5.74) is 7.04. The third-order valence-corrected chi connectivity index (χ3v) is 2.80. The number of aromatic nitrogens is 3. The molecule has 1 atom stereocenters. The minimum absolute atomic E-state index is 0.0921. The van der Waals surface area contributed by atoms with Gasteiger partial charge in [-0.25, -0.2) is 4.79 Å². The first-order valence-corrected chi connectivity index (χ1v) is 5.72. The van der Waals surface area contributed by atoms with Crippen LogP contribution < -0.4 is 11.1 Å². The lowest BCUT2D eigenvalue weighted by molar-refractivity contribution is 0.0697. The molecule has 0 radical (unpaired) electrons. The minimum atomic E-state index is -1.00. The van der Waals surface area contributed by atoms with Crippen molar-refractivity contribution >= 4 is 17.3 Å². The summed E-state index contributed by atoms with van der Waals surface area (Å²) in [6.07, 6.45) is 1.62. The van der Waals surface area contributed by atoms with Crippen molar-refractivity contribution in [1.29, 1.82) is 0 Å². The Morgan fingerprint density at radius 1 is 1.53 bits per heavy atom. The number of carbonyl (C=O) groups is 1. The molecule has 0 bridgehead atoms. The van der Waals surface area contributed by atoms with Crippen LogP contribution in [0.4, 0.5) is 11.4 Å². The summed E-state index contributed by atoms with van der Waals surface area (Å²) >= 11 is 0. The predicted molar refractivity (Wildman–Crippen MR) is 70.9 cm³/mol. The van der Waals surface area contributed by atoms with Gasteiger partial charge < -0.3 is 20.7 Å². The van der Waals surface area contributed by atoms with Crippen molar-refractivity contribution in [3.05, 3.63) is 35.9 Å². The van der Waals surface area contributed by atoms with Crippen molar-refractivity contribution in [2.24, 2.45) is 7.05 Å². The van der Waals surface area contributed by atoms with Crippen molar-refractivity contribution in [2.75, 3.05) is 11.1 Å². The average Bonchev–Trinajstić information content (AvgIpc) is 2.77. The van der Waals surface area contributed by atoms with E-state index in [2.05, 4.69) is 15.5 Å². The fraction of sp³-hybridized carbons (Fsp3) is 0.250. The van der Waals surface area contributed by atoms with Crippen LogP contribution in [0.3, 0.4) is 0 Å². The standard InChI is InChI=1S/C12H15N5O2/c1-7(11-16-14-6-17(11)2)15-10-4-3-8(12(18)19)5-9(10)13/h3-7,15H,13H2,1-2H3,(H,18,19). The molecule has 4 N–H and O–H groups in total. The molecule has 7 heteroatoms. The average molecular weight is 261 g/mol. The fourth-order valence-electron chi connectivity index (χ4n) is 1.81. The molecule has 19 heavy (non-hydrogen) atoms. The van der Waals surface area contributed by atoms with Gasteiger partial charge in [-0.3, -0.25) is 0 Å². The van der Waals surface area contributed by atoms with Gasteiger partial charge in [0.05, 0.1) is 23.0 Å². The van der Waals surface area contributed by atoms with Crippen molar-refractivity contribution < 1.29 is 9.90 Å². The lowest BCUT2D eigenvalue weighted by Crippen LogP contribution is -2.13. The van der Waals surface area contributed by atoms with Crippen molar-refractivity contribution in [1.82, 2.24) is 14.8 Å². The Hall–Kier alpha value is -2.57. The Morgan fingerprint density at radius 2 is 2.26 bits per heavy atom. The van der Waals surface area contributed by atoms with Crippen LogP contribution in [0.5, 0.6) is 0 Å². The second-order valence-corrected chi connectivity index (χ2v) is 4.27. The van der Waals surface area contributed by atoms with Gasteiger partial charge in [-0.05, 0) is 25.1 Å². The van der Waals surface area contributed by atoms with Crippen LogP contribution in [-0.2, 0) is 7.05 Å². The van der Waals surface area contributed by atoms with Crippen LogP contribution in [0.25, 0.3) is 0 Å². The molecule has 0 saturated carbocycles. The van der Waals surface area contributed by atoms with E-state index < -0.39 is 5.97 Å². The van der Waals surface area contributed by atoms with Gasteiger partial charge in [0.2, 0.25) is 0 Å². The Balaban J connectivity index is 2.20. The summed E-state index contributed by atoms with van der Waals surface area (Å²) in [6, 6.07) is 4.48. The molecule has 0 saturated heterocycles. The van der Waals surface area contributed by atoms with Crippen molar-refractivity contribution in [3.8, 4) is 0 Å². The molecular weight excluding hydrogens is 246 g/mol. The highest BCUT2D eigenvalue weighted by Gasteiger charge is 2.13. The van der Waals surface area contributed by atoms with Gasteiger partial charge in [0, 0.05) is 7.05 Å². The number of nitrogens with two attached hydrogens (primary N) is 1. The highest BCUT2D eigenvalue weighted by atomic mass is 16.4. The van der Waals surface area contributed by atoms with Crippen LogP contribution in [0, 0.1) is 0 Å². The molecule has 0 fully saturated rings. The van der Waals surface area contributed by atoms with Crippen molar-refractivity contribution in [2.45, 2.75) is 13.0 Å². The molecule has 100 valence electrons. The zero-order chi connectivity index (χ0) is 14.0. The van der Waals surface area contributed by atoms with E-state index in [1.54, 1.807) is 17.0 Å². The topological polar surface area (TPSA) is 106 Å². The van der Waals surface area contributed by atoms with Crippen molar-refractivity contribution in [3.63, 3.8) is 0 Å². The Kier molecular flexibility index (Phi) is 3.37. The first-order valence-electron chi connectivity index (χ1n) is 5.72. The quantitative estimate of drug-likeness (QED) is 0.715. The molecule has 2 rings (SSSR count). The zero-order valence-electron chi connectivity index (χ0n) is 10.7. The summed E-state index contributed by atoms with van der Waals surface area (Å²) in [4.78, 5) is 10.8. The van der Waals surface area contributed by atoms with Gasteiger partial charge in [0.1, 0.15) is 6.33 Å². The van der Waals surface area contributed by atoms with Gasteiger partial charge in [-0.1, -0.05) is 0 Å². The minimum Gasteiger partial charge on any atom is -0.478 e. The lowest BCUT2D eigenvalue weighted by atomic mass is 10.1. The first-order chi connectivity index (χ1) is 8.99. The third-order valence-electron chi connectivity index (χ3n) is 2.80. The number of aromatic carboxylic acids is 1. The highest BCUT2D eigenvalue weighted by Crippen LogP contribution is 2.24. The summed E-state index contributed by atoms with van der Waals surface area (Å²) in [5, 5.41) is 19.9. The number of hydrogen-bond acceptors (Lipinski definition) is 5. The predicted octanol–water partition coefficient (Wildman–Crippen LogP) is 1.27. The SMILES string of the molecule is CC(Nc1ccc(C(=O)O)cc1N)c1nncn1C. The summed E-state index contributed by atoms with van der Waals surface area (Å²) in [6.45, 7) is 1.93. The number of aryl methyl sites for hydroxylation is 1. The van der Waals surface area contributed by atoms with Gasteiger partial charge in [-0.2, -0.15) is 0 Å². The van der Waals surface area contributed by atoms with Gasteiger partial charge in [0.25, 0.3) is 0 Å². The maximum absolute atomic E-state index is 10.8. The van der Waals surface area contributed by atoms with E-state index in [9.17, 15) is 4.79 Å². The molecule has 1 unspecified atom stereocenters. The van der Waals surface area contributed by atoms with Crippen LogP contribution in [0.2, 0.25) is 0 Å².